The summed E-state index contributed by atoms with van der Waals surface area (Å²) >= 11 is 0. The number of hydrogen-bond acceptors (Lipinski definition) is 4. The molecule has 2 rings (SSSR count). The minimum atomic E-state index is -3.68. The van der Waals surface area contributed by atoms with Crippen molar-refractivity contribution in [2.75, 3.05) is 5.73 Å². The molecule has 0 radical (unpaired) electrons. The van der Waals surface area contributed by atoms with E-state index < -0.39 is 10.0 Å². The third-order valence-corrected chi connectivity index (χ3v) is 3.74. The number of nitrogens with zero attached hydrogens (tertiary/aromatic N) is 1. The summed E-state index contributed by atoms with van der Waals surface area (Å²) in [5, 5.41) is -0.138. The largest absolute Gasteiger partial charge is 0.396 e. The van der Waals surface area contributed by atoms with Crippen LogP contribution in [0.15, 0.2) is 53.7 Å². The molecule has 0 bridgehead atoms. The molecule has 0 spiro atoms. The fourth-order valence-electron chi connectivity index (χ4n) is 1.47. The van der Waals surface area contributed by atoms with Crippen LogP contribution in [0, 0.1) is 0 Å². The van der Waals surface area contributed by atoms with Gasteiger partial charge in [-0.15, -0.1) is 0 Å². The van der Waals surface area contributed by atoms with Gasteiger partial charge in [-0.2, -0.15) is 0 Å². The van der Waals surface area contributed by atoms with E-state index in [0.717, 1.165) is 5.56 Å². The predicted octanol–water partition coefficient (Wildman–Crippen LogP) is 1.14. The van der Waals surface area contributed by atoms with Gasteiger partial charge >= 0.3 is 0 Å². The lowest BCUT2D eigenvalue weighted by Crippen LogP contribution is -2.25. The Bertz CT molecular complexity index is 627. The van der Waals surface area contributed by atoms with Crippen molar-refractivity contribution < 1.29 is 8.42 Å². The van der Waals surface area contributed by atoms with E-state index in [4.69, 9.17) is 5.73 Å². The van der Waals surface area contributed by atoms with Gasteiger partial charge in [-0.25, -0.2) is 18.1 Å². The van der Waals surface area contributed by atoms with Crippen LogP contribution < -0.4 is 10.5 Å². The molecule has 0 fully saturated rings. The molecule has 5 nitrogen and oxygen atoms in total. The number of nitrogen functional groups attached to an aromatic ring is 1. The zero-order chi connectivity index (χ0) is 13.0. The van der Waals surface area contributed by atoms with E-state index in [1.54, 1.807) is 6.07 Å². The number of sulfonamides is 1. The summed E-state index contributed by atoms with van der Waals surface area (Å²) in [6, 6.07) is 12.3. The molecule has 0 saturated carbocycles. The van der Waals surface area contributed by atoms with Gasteiger partial charge in [-0.1, -0.05) is 30.3 Å². The van der Waals surface area contributed by atoms with Crippen molar-refractivity contribution in [3.8, 4) is 0 Å². The molecule has 94 valence electrons. The van der Waals surface area contributed by atoms with Gasteiger partial charge in [0.15, 0.2) is 5.03 Å². The van der Waals surface area contributed by atoms with E-state index in [-0.39, 0.29) is 17.3 Å². The van der Waals surface area contributed by atoms with Crippen molar-refractivity contribution in [2.24, 2.45) is 0 Å². The Morgan fingerprint density at radius 3 is 2.50 bits per heavy atom. The molecule has 2 aromatic rings. The maximum Gasteiger partial charge on any atom is 0.260 e. The molecule has 0 aliphatic carbocycles. The molecule has 1 aromatic carbocycles. The second kappa shape index (κ2) is 5.16. The maximum atomic E-state index is 12.0. The van der Waals surface area contributed by atoms with Crippen molar-refractivity contribution >= 4 is 15.7 Å². The Hall–Kier alpha value is -1.92. The molecule has 0 atom stereocenters. The first kappa shape index (κ1) is 12.5. The van der Waals surface area contributed by atoms with E-state index in [2.05, 4.69) is 9.71 Å². The van der Waals surface area contributed by atoms with Gasteiger partial charge in [0.2, 0.25) is 0 Å². The number of benzene rings is 1. The molecule has 18 heavy (non-hydrogen) atoms. The number of aromatic nitrogens is 1. The number of nitrogens with one attached hydrogen (secondary N) is 1. The van der Waals surface area contributed by atoms with Crippen molar-refractivity contribution in [3.05, 3.63) is 54.2 Å². The van der Waals surface area contributed by atoms with Gasteiger partial charge in [0.1, 0.15) is 0 Å². The summed E-state index contributed by atoms with van der Waals surface area (Å²) in [6.07, 6.45) is 1.40. The first-order valence-electron chi connectivity index (χ1n) is 5.34. The minimum absolute atomic E-state index is 0.137. The maximum absolute atomic E-state index is 12.0. The number of rotatable bonds is 4. The van der Waals surface area contributed by atoms with Crippen molar-refractivity contribution in [1.82, 2.24) is 9.71 Å². The molecule has 1 aromatic heterocycles. The second-order valence-corrected chi connectivity index (χ2v) is 5.39. The molecular weight excluding hydrogens is 250 g/mol. The van der Waals surface area contributed by atoms with Gasteiger partial charge in [0, 0.05) is 12.7 Å². The predicted molar refractivity (Wildman–Crippen MR) is 69.1 cm³/mol. The van der Waals surface area contributed by atoms with E-state index in [9.17, 15) is 8.42 Å². The van der Waals surface area contributed by atoms with Crippen LogP contribution in [0.25, 0.3) is 0 Å². The van der Waals surface area contributed by atoms with Crippen molar-refractivity contribution in [2.45, 2.75) is 11.6 Å². The lowest BCUT2D eigenvalue weighted by Gasteiger charge is -2.07. The normalized spacial score (nSPS) is 11.3. The first-order chi connectivity index (χ1) is 8.59. The average Bonchev–Trinajstić information content (AvgIpc) is 2.38. The van der Waals surface area contributed by atoms with E-state index in [0.29, 0.717) is 0 Å². The van der Waals surface area contributed by atoms with Crippen molar-refractivity contribution in [1.29, 1.82) is 0 Å². The summed E-state index contributed by atoms with van der Waals surface area (Å²) in [5.41, 5.74) is 6.60. The van der Waals surface area contributed by atoms with Gasteiger partial charge in [-0.05, 0) is 17.7 Å². The second-order valence-electron chi connectivity index (χ2n) is 3.71. The first-order valence-corrected chi connectivity index (χ1v) is 6.82. The summed E-state index contributed by atoms with van der Waals surface area (Å²) in [7, 11) is -3.68. The Labute approximate surface area is 106 Å². The summed E-state index contributed by atoms with van der Waals surface area (Å²) in [5.74, 6) is 0. The molecule has 1 heterocycles. The fourth-order valence-corrected chi connectivity index (χ4v) is 2.54. The zero-order valence-corrected chi connectivity index (χ0v) is 10.4. The van der Waals surface area contributed by atoms with Crippen LogP contribution in [-0.4, -0.2) is 13.4 Å². The Balaban J connectivity index is 2.16. The number of nitrogens with two attached hydrogens (primary N) is 1. The monoisotopic (exact) mass is 263 g/mol. The van der Waals surface area contributed by atoms with Crippen molar-refractivity contribution in [3.63, 3.8) is 0 Å². The van der Waals surface area contributed by atoms with Crippen LogP contribution in [0.4, 0.5) is 5.69 Å². The minimum Gasteiger partial charge on any atom is -0.396 e. The third-order valence-electron chi connectivity index (χ3n) is 2.36. The molecule has 0 aliphatic rings. The number of hydrogen-bond donors (Lipinski definition) is 2. The summed E-state index contributed by atoms with van der Waals surface area (Å²) in [4.78, 5) is 3.79. The lowest BCUT2D eigenvalue weighted by atomic mass is 10.2. The lowest BCUT2D eigenvalue weighted by molar-refractivity contribution is 0.578. The summed E-state index contributed by atoms with van der Waals surface area (Å²) in [6.45, 7) is 0.208. The molecule has 0 amide bonds. The molecule has 0 aliphatic heterocycles. The SMILES string of the molecule is Nc1cccnc1S(=O)(=O)NCc1ccccc1. The highest BCUT2D eigenvalue weighted by molar-refractivity contribution is 7.89. The van der Waals surface area contributed by atoms with Crippen LogP contribution in [0.5, 0.6) is 0 Å². The Kier molecular flexibility index (Phi) is 3.59. The highest BCUT2D eigenvalue weighted by atomic mass is 32.2. The van der Waals surface area contributed by atoms with E-state index in [1.165, 1.54) is 12.3 Å². The Morgan fingerprint density at radius 2 is 1.83 bits per heavy atom. The highest BCUT2D eigenvalue weighted by Gasteiger charge is 2.18. The van der Waals surface area contributed by atoms with Gasteiger partial charge in [-0.3, -0.25) is 0 Å². The van der Waals surface area contributed by atoms with Crippen LogP contribution in [0.2, 0.25) is 0 Å². The zero-order valence-electron chi connectivity index (χ0n) is 9.58. The molecule has 3 N–H and O–H groups in total. The quantitative estimate of drug-likeness (QED) is 0.866. The van der Waals surface area contributed by atoms with Crippen LogP contribution >= 0.6 is 0 Å². The Morgan fingerprint density at radius 1 is 1.11 bits per heavy atom. The standard InChI is InChI=1S/C12H13N3O2S/c13-11-7-4-8-14-12(11)18(16,17)15-9-10-5-2-1-3-6-10/h1-8,15H,9,13H2. The molecule has 6 heteroatoms. The van der Waals surface area contributed by atoms with Crippen LogP contribution in [0.1, 0.15) is 5.56 Å². The highest BCUT2D eigenvalue weighted by Crippen LogP contribution is 2.13. The topological polar surface area (TPSA) is 85.1 Å². The van der Waals surface area contributed by atoms with E-state index in [1.807, 2.05) is 30.3 Å². The van der Waals surface area contributed by atoms with Gasteiger partial charge in [0.05, 0.1) is 5.69 Å². The smallest absolute Gasteiger partial charge is 0.260 e. The van der Waals surface area contributed by atoms with Gasteiger partial charge < -0.3 is 5.73 Å². The number of pyridine rings is 1. The average molecular weight is 263 g/mol. The molecule has 0 saturated heterocycles. The summed E-state index contributed by atoms with van der Waals surface area (Å²) < 4.78 is 26.4. The number of anilines is 1. The molecular formula is C12H13N3O2S. The van der Waals surface area contributed by atoms with Crippen LogP contribution in [0.3, 0.4) is 0 Å². The van der Waals surface area contributed by atoms with E-state index >= 15 is 0 Å². The van der Waals surface area contributed by atoms with Crippen LogP contribution in [-0.2, 0) is 16.6 Å². The fraction of sp³-hybridized carbons (Fsp3) is 0.0833. The van der Waals surface area contributed by atoms with Gasteiger partial charge in [0.25, 0.3) is 10.0 Å². The molecule has 0 unspecified atom stereocenters. The third kappa shape index (κ3) is 2.85.